The van der Waals surface area contributed by atoms with Crippen LogP contribution in [0.2, 0.25) is 0 Å². The predicted octanol–water partition coefficient (Wildman–Crippen LogP) is 1.70. The molecule has 8 heteroatoms. The third kappa shape index (κ3) is 4.98. The second-order valence-corrected chi connectivity index (χ2v) is 5.77. The van der Waals surface area contributed by atoms with Gasteiger partial charge in [-0.1, -0.05) is 0 Å². The van der Waals surface area contributed by atoms with Crippen molar-refractivity contribution in [3.8, 4) is 11.5 Å². The van der Waals surface area contributed by atoms with Gasteiger partial charge in [-0.15, -0.1) is 0 Å². The summed E-state index contributed by atoms with van der Waals surface area (Å²) in [5.74, 6) is -0.208. The van der Waals surface area contributed by atoms with Crippen molar-refractivity contribution in [2.75, 3.05) is 14.2 Å². The van der Waals surface area contributed by atoms with E-state index < -0.39 is 12.0 Å². The molecule has 2 N–H and O–H groups in total. The van der Waals surface area contributed by atoms with E-state index in [1.54, 1.807) is 29.1 Å². The molecule has 0 saturated heterocycles. The number of methoxy groups -OCH3 is 2. The minimum Gasteiger partial charge on any atom is -0.497 e. The summed E-state index contributed by atoms with van der Waals surface area (Å²) >= 11 is 0. The Morgan fingerprint density at radius 3 is 2.62 bits per heavy atom. The van der Waals surface area contributed by atoms with Gasteiger partial charge in [0.1, 0.15) is 11.5 Å². The van der Waals surface area contributed by atoms with Gasteiger partial charge in [-0.3, -0.25) is 14.3 Å². The van der Waals surface area contributed by atoms with Crippen LogP contribution in [0, 0.1) is 0 Å². The van der Waals surface area contributed by atoms with Crippen molar-refractivity contribution >= 4 is 11.9 Å². The largest absolute Gasteiger partial charge is 0.497 e. The summed E-state index contributed by atoms with van der Waals surface area (Å²) in [6.45, 7) is 0. The van der Waals surface area contributed by atoms with Crippen LogP contribution in [-0.4, -0.2) is 41.0 Å². The molecule has 0 aliphatic carbocycles. The number of rotatable bonds is 9. The fraction of sp³-hybridized carbons (Fsp3) is 0.389. The first-order valence-electron chi connectivity index (χ1n) is 8.14. The van der Waals surface area contributed by atoms with Gasteiger partial charge < -0.3 is 19.9 Å². The lowest BCUT2D eigenvalue weighted by molar-refractivity contribution is -0.137. The lowest BCUT2D eigenvalue weighted by Crippen LogP contribution is -2.30. The molecule has 140 valence electrons. The van der Waals surface area contributed by atoms with Crippen LogP contribution in [0.5, 0.6) is 11.5 Å². The number of aryl methyl sites for hydroxylation is 2. The highest BCUT2D eigenvalue weighted by atomic mass is 16.5. The van der Waals surface area contributed by atoms with Crippen molar-refractivity contribution in [3.05, 3.63) is 41.7 Å². The molecule has 0 aliphatic heterocycles. The number of benzene rings is 1. The van der Waals surface area contributed by atoms with E-state index in [0.717, 1.165) is 5.69 Å². The van der Waals surface area contributed by atoms with Crippen molar-refractivity contribution < 1.29 is 24.2 Å². The average Bonchev–Trinajstić information content (AvgIpc) is 3.03. The Labute approximate surface area is 151 Å². The van der Waals surface area contributed by atoms with Gasteiger partial charge in [0.2, 0.25) is 5.91 Å². The molecule has 8 nitrogen and oxygen atoms in total. The summed E-state index contributed by atoms with van der Waals surface area (Å²) in [6, 6.07) is 6.20. The first-order valence-corrected chi connectivity index (χ1v) is 8.14. The molecule has 2 aromatic rings. The quantitative estimate of drug-likeness (QED) is 0.705. The molecule has 0 spiro atoms. The molecule has 0 bridgehead atoms. The van der Waals surface area contributed by atoms with E-state index in [1.165, 1.54) is 14.2 Å². The summed E-state index contributed by atoms with van der Waals surface area (Å²) in [4.78, 5) is 23.6. The highest BCUT2D eigenvalue weighted by molar-refractivity contribution is 5.78. The predicted molar refractivity (Wildman–Crippen MR) is 94.2 cm³/mol. The van der Waals surface area contributed by atoms with Gasteiger partial charge in [-0.25, -0.2) is 0 Å². The number of carboxylic acid groups (broad SMARTS) is 1. The Balaban J connectivity index is 2.13. The van der Waals surface area contributed by atoms with Crippen LogP contribution < -0.4 is 14.8 Å². The molecule has 0 radical (unpaired) electrons. The van der Waals surface area contributed by atoms with Crippen molar-refractivity contribution in [2.24, 2.45) is 7.05 Å². The Morgan fingerprint density at radius 1 is 1.27 bits per heavy atom. The third-order valence-corrected chi connectivity index (χ3v) is 4.06. The number of carboxylic acids is 1. The number of carbonyl (C=O) groups excluding carboxylic acids is 1. The second kappa shape index (κ2) is 8.89. The van der Waals surface area contributed by atoms with Crippen molar-refractivity contribution in [2.45, 2.75) is 25.3 Å². The maximum Gasteiger partial charge on any atom is 0.305 e. The molecule has 2 rings (SSSR count). The van der Waals surface area contributed by atoms with E-state index in [1.807, 2.05) is 13.1 Å². The Bertz CT molecular complexity index is 772. The first kappa shape index (κ1) is 19.3. The van der Waals surface area contributed by atoms with Gasteiger partial charge in [-0.05, 0) is 24.6 Å². The Kier molecular flexibility index (Phi) is 6.60. The summed E-state index contributed by atoms with van der Waals surface area (Å²) in [7, 11) is 4.83. The zero-order valence-electron chi connectivity index (χ0n) is 15.1. The monoisotopic (exact) mass is 361 g/mol. The van der Waals surface area contributed by atoms with Gasteiger partial charge in [0, 0.05) is 37.0 Å². The van der Waals surface area contributed by atoms with Crippen LogP contribution >= 0.6 is 0 Å². The maximum atomic E-state index is 12.3. The van der Waals surface area contributed by atoms with Gasteiger partial charge in [0.05, 0.1) is 26.7 Å². The second-order valence-electron chi connectivity index (χ2n) is 5.77. The zero-order chi connectivity index (χ0) is 19.1. The number of carbonyl (C=O) groups is 2. The van der Waals surface area contributed by atoms with Crippen LogP contribution in [0.4, 0.5) is 0 Å². The number of aliphatic carboxylic acids is 1. The number of aromatic nitrogens is 2. The smallest absolute Gasteiger partial charge is 0.305 e. The third-order valence-electron chi connectivity index (χ3n) is 4.06. The normalized spacial score (nSPS) is 11.7. The molecule has 1 aromatic heterocycles. The fourth-order valence-electron chi connectivity index (χ4n) is 2.67. The van der Waals surface area contributed by atoms with E-state index in [-0.39, 0.29) is 18.7 Å². The molecule has 1 unspecified atom stereocenters. The van der Waals surface area contributed by atoms with E-state index in [0.29, 0.717) is 23.5 Å². The van der Waals surface area contributed by atoms with E-state index in [2.05, 4.69) is 10.4 Å². The summed E-state index contributed by atoms with van der Waals surface area (Å²) in [5.41, 5.74) is 1.52. The highest BCUT2D eigenvalue weighted by Crippen LogP contribution is 2.31. The average molecular weight is 361 g/mol. The molecule has 1 atom stereocenters. The molecule has 0 saturated carbocycles. The van der Waals surface area contributed by atoms with E-state index in [9.17, 15) is 14.7 Å². The zero-order valence-corrected chi connectivity index (χ0v) is 15.1. The van der Waals surface area contributed by atoms with Gasteiger partial charge in [0.15, 0.2) is 0 Å². The minimum atomic E-state index is -1.01. The maximum absolute atomic E-state index is 12.3. The molecule has 1 aromatic carbocycles. The number of ether oxygens (including phenoxy) is 2. The molecular weight excluding hydrogens is 338 g/mol. The standard InChI is InChI=1S/C18H23N3O5/c1-21-12(8-9-19-21)4-7-17(22)20-15(11-18(23)24)14-6-5-13(25-2)10-16(14)26-3/h5-6,8-10,15H,4,7,11H2,1-3H3,(H,20,22)(H,23,24). The van der Waals surface area contributed by atoms with Crippen LogP contribution in [0.15, 0.2) is 30.5 Å². The number of amides is 1. The number of nitrogens with zero attached hydrogens (tertiary/aromatic N) is 2. The van der Waals surface area contributed by atoms with Crippen molar-refractivity contribution in [3.63, 3.8) is 0 Å². The first-order chi connectivity index (χ1) is 12.4. The Morgan fingerprint density at radius 2 is 2.04 bits per heavy atom. The van der Waals surface area contributed by atoms with Gasteiger partial charge >= 0.3 is 5.97 Å². The molecule has 1 amide bonds. The van der Waals surface area contributed by atoms with E-state index in [4.69, 9.17) is 9.47 Å². The molecule has 0 aliphatic rings. The van der Waals surface area contributed by atoms with Gasteiger partial charge in [0.25, 0.3) is 0 Å². The molecule has 1 heterocycles. The number of hydrogen-bond acceptors (Lipinski definition) is 5. The van der Waals surface area contributed by atoms with Crippen LogP contribution in [-0.2, 0) is 23.1 Å². The summed E-state index contributed by atoms with van der Waals surface area (Å²) in [6.07, 6.45) is 2.17. The van der Waals surface area contributed by atoms with Crippen molar-refractivity contribution in [1.29, 1.82) is 0 Å². The topological polar surface area (TPSA) is 103 Å². The number of nitrogens with one attached hydrogen (secondary N) is 1. The van der Waals surface area contributed by atoms with Crippen LogP contribution in [0.1, 0.15) is 30.1 Å². The highest BCUT2D eigenvalue weighted by Gasteiger charge is 2.22. The molecule has 26 heavy (non-hydrogen) atoms. The molecule has 0 fully saturated rings. The fourth-order valence-corrected chi connectivity index (χ4v) is 2.67. The van der Waals surface area contributed by atoms with Gasteiger partial charge in [-0.2, -0.15) is 5.10 Å². The summed E-state index contributed by atoms with van der Waals surface area (Å²) < 4.78 is 12.2. The summed E-state index contributed by atoms with van der Waals surface area (Å²) in [5, 5.41) is 16.1. The SMILES string of the molecule is COc1ccc(C(CC(=O)O)NC(=O)CCc2ccnn2C)c(OC)c1. The van der Waals surface area contributed by atoms with Crippen LogP contribution in [0.25, 0.3) is 0 Å². The van der Waals surface area contributed by atoms with E-state index >= 15 is 0 Å². The minimum absolute atomic E-state index is 0.230. The van der Waals surface area contributed by atoms with Crippen LogP contribution in [0.3, 0.4) is 0 Å². The molecular formula is C18H23N3O5. The lowest BCUT2D eigenvalue weighted by atomic mass is 10.0. The Hall–Kier alpha value is -3.03. The van der Waals surface area contributed by atoms with Crippen molar-refractivity contribution in [1.82, 2.24) is 15.1 Å². The number of hydrogen-bond donors (Lipinski definition) is 2. The lowest BCUT2D eigenvalue weighted by Gasteiger charge is -2.20.